The lowest BCUT2D eigenvalue weighted by molar-refractivity contribution is -0.210. The highest BCUT2D eigenvalue weighted by molar-refractivity contribution is 5.73. The predicted octanol–water partition coefficient (Wildman–Crippen LogP) is 5.04. The maximum atomic E-state index is 12.9. The second-order valence-corrected chi connectivity index (χ2v) is 5.44. The summed E-state index contributed by atoms with van der Waals surface area (Å²) in [6.07, 6.45) is 5.26. The van der Waals surface area contributed by atoms with Gasteiger partial charge in [-0.05, 0) is 30.5 Å². The second kappa shape index (κ2) is 9.38. The van der Waals surface area contributed by atoms with Crippen molar-refractivity contribution >= 4 is 5.97 Å². The molecule has 0 atom stereocenters. The summed E-state index contributed by atoms with van der Waals surface area (Å²) in [6, 6.07) is 6.16. The Morgan fingerprint density at radius 1 is 1.05 bits per heavy atom. The third-order valence-electron chi connectivity index (χ3n) is 3.49. The first-order valence-corrected chi connectivity index (χ1v) is 7.85. The van der Waals surface area contributed by atoms with Crippen molar-refractivity contribution in [3.63, 3.8) is 0 Å². The maximum Gasteiger partial charge on any atom is 0.501 e. The fraction of sp³-hybridized carbons (Fsp3) is 0.588. The number of carboxylic acid groups (broad SMARTS) is 1. The zero-order valence-corrected chi connectivity index (χ0v) is 13.0. The SMILES string of the molecule is CCCCCCCCCc1ccc(OC(F)(F)C(=O)O)cc1. The van der Waals surface area contributed by atoms with Gasteiger partial charge in [0.2, 0.25) is 0 Å². The zero-order chi connectivity index (χ0) is 16.4. The summed E-state index contributed by atoms with van der Waals surface area (Å²) >= 11 is 0. The molecule has 0 saturated heterocycles. The number of benzene rings is 1. The van der Waals surface area contributed by atoms with Crippen LogP contribution in [0.1, 0.15) is 57.4 Å². The van der Waals surface area contributed by atoms with Crippen LogP contribution in [0, 0.1) is 0 Å². The van der Waals surface area contributed by atoms with E-state index < -0.39 is 12.1 Å². The molecule has 0 aliphatic rings. The molecule has 0 saturated carbocycles. The molecule has 0 aliphatic carbocycles. The van der Waals surface area contributed by atoms with Gasteiger partial charge in [0.05, 0.1) is 0 Å². The Kier molecular flexibility index (Phi) is 7.85. The normalized spacial score (nSPS) is 11.4. The van der Waals surface area contributed by atoms with Crippen LogP contribution < -0.4 is 4.74 Å². The van der Waals surface area contributed by atoms with Crippen LogP contribution in [-0.4, -0.2) is 17.2 Å². The number of ether oxygens (including phenoxy) is 1. The van der Waals surface area contributed by atoms with Crippen molar-refractivity contribution in [3.8, 4) is 5.75 Å². The lowest BCUT2D eigenvalue weighted by atomic mass is 10.0. The van der Waals surface area contributed by atoms with Gasteiger partial charge >= 0.3 is 12.1 Å². The molecule has 1 rings (SSSR count). The Morgan fingerprint density at radius 2 is 1.59 bits per heavy atom. The van der Waals surface area contributed by atoms with Crippen molar-refractivity contribution < 1.29 is 23.4 Å². The van der Waals surface area contributed by atoms with Gasteiger partial charge in [-0.2, -0.15) is 8.78 Å². The molecule has 5 heteroatoms. The van der Waals surface area contributed by atoms with E-state index in [1.807, 2.05) is 0 Å². The number of unbranched alkanes of at least 4 members (excludes halogenated alkanes) is 6. The summed E-state index contributed by atoms with van der Waals surface area (Å²) < 4.78 is 29.9. The molecule has 0 spiro atoms. The first-order valence-electron chi connectivity index (χ1n) is 7.85. The van der Waals surface area contributed by atoms with Gasteiger partial charge in [-0.1, -0.05) is 57.6 Å². The zero-order valence-electron chi connectivity index (χ0n) is 13.0. The number of halogens is 2. The number of carbonyl (C=O) groups is 1. The molecule has 0 amide bonds. The molecular weight excluding hydrogens is 290 g/mol. The van der Waals surface area contributed by atoms with Crippen LogP contribution in [0.3, 0.4) is 0 Å². The number of rotatable bonds is 11. The molecule has 124 valence electrons. The molecule has 1 N–H and O–H groups in total. The maximum absolute atomic E-state index is 12.9. The molecule has 0 aromatic heterocycles. The number of aryl methyl sites for hydroxylation is 1. The highest BCUT2D eigenvalue weighted by Gasteiger charge is 2.42. The van der Waals surface area contributed by atoms with E-state index in [4.69, 9.17) is 5.11 Å². The summed E-state index contributed by atoms with van der Waals surface area (Å²) in [5.41, 5.74) is 1.04. The highest BCUT2D eigenvalue weighted by atomic mass is 19.3. The second-order valence-electron chi connectivity index (χ2n) is 5.44. The minimum atomic E-state index is -4.19. The molecular formula is C17H24F2O3. The summed E-state index contributed by atoms with van der Waals surface area (Å²) in [7, 11) is 0. The van der Waals surface area contributed by atoms with Crippen molar-refractivity contribution in [1.82, 2.24) is 0 Å². The van der Waals surface area contributed by atoms with Gasteiger partial charge in [0.15, 0.2) is 0 Å². The van der Waals surface area contributed by atoms with E-state index in [1.54, 1.807) is 12.1 Å². The summed E-state index contributed by atoms with van der Waals surface area (Å²) in [5.74, 6) is -2.43. The average molecular weight is 314 g/mol. The fourth-order valence-electron chi connectivity index (χ4n) is 2.20. The molecule has 0 fully saturated rings. The van der Waals surface area contributed by atoms with Crippen LogP contribution in [0.2, 0.25) is 0 Å². The van der Waals surface area contributed by atoms with Gasteiger partial charge in [-0.3, -0.25) is 0 Å². The van der Waals surface area contributed by atoms with Gasteiger partial charge in [0, 0.05) is 0 Å². The summed E-state index contributed by atoms with van der Waals surface area (Å²) in [5, 5.41) is 8.30. The number of hydrogen-bond acceptors (Lipinski definition) is 2. The van der Waals surface area contributed by atoms with Crippen LogP contribution in [0.5, 0.6) is 5.75 Å². The quantitative estimate of drug-likeness (QED) is 0.582. The average Bonchev–Trinajstić information content (AvgIpc) is 2.47. The van der Waals surface area contributed by atoms with Gasteiger partial charge < -0.3 is 9.84 Å². The van der Waals surface area contributed by atoms with Crippen LogP contribution in [-0.2, 0) is 11.2 Å². The highest BCUT2D eigenvalue weighted by Crippen LogP contribution is 2.22. The topological polar surface area (TPSA) is 46.5 Å². The first kappa shape index (κ1) is 18.4. The van der Waals surface area contributed by atoms with E-state index in [2.05, 4.69) is 11.7 Å². The number of hydrogen-bond donors (Lipinski definition) is 1. The lowest BCUT2D eigenvalue weighted by Gasteiger charge is -2.13. The Morgan fingerprint density at radius 3 is 2.14 bits per heavy atom. The smallest absolute Gasteiger partial charge is 0.474 e. The van der Waals surface area contributed by atoms with Crippen molar-refractivity contribution in [2.45, 2.75) is 64.4 Å². The van der Waals surface area contributed by atoms with Crippen LogP contribution in [0.4, 0.5) is 8.78 Å². The van der Waals surface area contributed by atoms with Crippen LogP contribution in [0.25, 0.3) is 0 Å². The summed E-state index contributed by atoms with van der Waals surface area (Å²) in [4.78, 5) is 10.3. The largest absolute Gasteiger partial charge is 0.501 e. The van der Waals surface area contributed by atoms with Crippen molar-refractivity contribution in [2.75, 3.05) is 0 Å². The molecule has 0 aliphatic heterocycles. The number of carboxylic acids is 1. The molecule has 0 bridgehead atoms. The van der Waals surface area contributed by atoms with Crippen LogP contribution in [0.15, 0.2) is 24.3 Å². The standard InChI is InChI=1S/C17H24F2O3/c1-2-3-4-5-6-7-8-9-14-10-12-15(13-11-14)22-17(18,19)16(20)21/h10-13H,2-9H2,1H3,(H,20,21). The lowest BCUT2D eigenvalue weighted by Crippen LogP contribution is -2.34. The predicted molar refractivity (Wildman–Crippen MR) is 81.3 cm³/mol. The van der Waals surface area contributed by atoms with Gasteiger partial charge in [-0.25, -0.2) is 4.79 Å². The molecule has 0 radical (unpaired) electrons. The van der Waals surface area contributed by atoms with E-state index in [0.29, 0.717) is 0 Å². The number of aliphatic carboxylic acids is 1. The third-order valence-corrected chi connectivity index (χ3v) is 3.49. The monoisotopic (exact) mass is 314 g/mol. The van der Waals surface area contributed by atoms with Gasteiger partial charge in [-0.15, -0.1) is 0 Å². The van der Waals surface area contributed by atoms with Gasteiger partial charge in [0.1, 0.15) is 5.75 Å². The minimum Gasteiger partial charge on any atom is -0.474 e. The molecule has 1 aromatic rings. The summed E-state index contributed by atoms with van der Waals surface area (Å²) in [6.45, 7) is 2.19. The van der Waals surface area contributed by atoms with E-state index in [-0.39, 0.29) is 5.75 Å². The molecule has 0 heterocycles. The first-order chi connectivity index (χ1) is 10.5. The molecule has 0 unspecified atom stereocenters. The fourth-order valence-corrected chi connectivity index (χ4v) is 2.20. The molecule has 3 nitrogen and oxygen atoms in total. The molecule has 1 aromatic carbocycles. The van der Waals surface area contributed by atoms with Crippen molar-refractivity contribution in [3.05, 3.63) is 29.8 Å². The third kappa shape index (κ3) is 6.87. The van der Waals surface area contributed by atoms with E-state index in [1.165, 1.54) is 50.7 Å². The van der Waals surface area contributed by atoms with Crippen LogP contribution >= 0.6 is 0 Å². The van der Waals surface area contributed by atoms with E-state index >= 15 is 0 Å². The van der Waals surface area contributed by atoms with E-state index in [0.717, 1.165) is 18.4 Å². The Hall–Kier alpha value is -1.65. The minimum absolute atomic E-state index is 0.143. The Bertz CT molecular complexity index is 444. The Labute approximate surface area is 130 Å². The molecule has 22 heavy (non-hydrogen) atoms. The number of alkyl halides is 2. The Balaban J connectivity index is 2.29. The van der Waals surface area contributed by atoms with Crippen molar-refractivity contribution in [1.29, 1.82) is 0 Å². The van der Waals surface area contributed by atoms with Gasteiger partial charge in [0.25, 0.3) is 0 Å². The van der Waals surface area contributed by atoms with Crippen molar-refractivity contribution in [2.24, 2.45) is 0 Å². The van der Waals surface area contributed by atoms with E-state index in [9.17, 15) is 13.6 Å².